The fourth-order valence-electron chi connectivity index (χ4n) is 4.53. The van der Waals surface area contributed by atoms with Gasteiger partial charge in [-0.2, -0.15) is 0 Å². The molecule has 0 aliphatic carbocycles. The Kier molecular flexibility index (Phi) is 12.4. The van der Waals surface area contributed by atoms with Gasteiger partial charge in [-0.25, -0.2) is 9.37 Å². The predicted octanol–water partition coefficient (Wildman–Crippen LogP) is 7.15. The first kappa shape index (κ1) is 35.2. The molecule has 13 heteroatoms. The van der Waals surface area contributed by atoms with E-state index in [0.29, 0.717) is 51.7 Å². The molecule has 1 fully saturated rings. The van der Waals surface area contributed by atoms with Gasteiger partial charge < -0.3 is 24.9 Å². The summed E-state index contributed by atoms with van der Waals surface area (Å²) in [6.45, 7) is 16.8. The van der Waals surface area contributed by atoms with Crippen molar-refractivity contribution in [3.05, 3.63) is 53.4 Å². The van der Waals surface area contributed by atoms with Gasteiger partial charge in [0.15, 0.2) is 8.32 Å². The van der Waals surface area contributed by atoms with E-state index in [2.05, 4.69) is 76.5 Å². The molecular weight excluding hydrogens is 629 g/mol. The summed E-state index contributed by atoms with van der Waals surface area (Å²) >= 11 is 7.68. The number of rotatable bonds is 13. The highest BCUT2D eigenvalue weighted by atomic mass is 35.5. The lowest BCUT2D eigenvalue weighted by Gasteiger charge is -2.36. The van der Waals surface area contributed by atoms with Crippen LogP contribution >= 0.6 is 23.4 Å². The minimum absolute atomic E-state index is 0.0731. The first-order valence-corrected chi connectivity index (χ1v) is 19.6. The number of benzene rings is 1. The van der Waals surface area contributed by atoms with E-state index >= 15 is 0 Å². The number of nitrogens with zero attached hydrogens (tertiary/aromatic N) is 5. The zero-order valence-electron chi connectivity index (χ0n) is 27.1. The molecule has 0 bridgehead atoms. The van der Waals surface area contributed by atoms with Gasteiger partial charge in [0.2, 0.25) is 5.91 Å². The van der Waals surface area contributed by atoms with Crippen molar-refractivity contribution in [1.29, 1.82) is 0 Å². The molecule has 1 amide bonds. The molecule has 0 radical (unpaired) electrons. The van der Waals surface area contributed by atoms with Crippen molar-refractivity contribution in [3.63, 3.8) is 0 Å². The fourth-order valence-corrected chi connectivity index (χ4v) is 6.62. The zero-order valence-corrected chi connectivity index (χ0v) is 29.7. The van der Waals surface area contributed by atoms with Gasteiger partial charge in [-0.15, -0.1) is 22.0 Å². The third-order valence-electron chi connectivity index (χ3n) is 8.34. The van der Waals surface area contributed by atoms with Crippen molar-refractivity contribution < 1.29 is 13.6 Å². The van der Waals surface area contributed by atoms with Crippen LogP contribution in [0.4, 0.5) is 21.6 Å². The fraction of sp³-hybridized carbons (Fsp3) is 0.500. The number of amides is 1. The largest absolute Gasteiger partial charge is 0.416 e. The van der Waals surface area contributed by atoms with Gasteiger partial charge in [-0.3, -0.25) is 4.79 Å². The summed E-state index contributed by atoms with van der Waals surface area (Å²) < 4.78 is 21.1. The average molecular weight is 674 g/mol. The van der Waals surface area contributed by atoms with Gasteiger partial charge in [0.05, 0.1) is 11.4 Å². The lowest BCUT2D eigenvalue weighted by molar-refractivity contribution is -0.116. The van der Waals surface area contributed by atoms with E-state index in [-0.39, 0.29) is 16.5 Å². The SMILES string of the molecule is CN1CCN(CCCC(=O)Nc2cc(Nc3cc(-c4cc(Cl)ccc4F)nnc3SCCO[Si](C)(C)C(C)(C)C)ccn2)CC1. The molecule has 1 aromatic carbocycles. The molecule has 3 heterocycles. The van der Waals surface area contributed by atoms with E-state index in [1.807, 2.05) is 0 Å². The summed E-state index contributed by atoms with van der Waals surface area (Å²) in [5.74, 6) is 0.608. The average Bonchev–Trinajstić information content (AvgIpc) is 2.98. The lowest BCUT2D eigenvalue weighted by Crippen LogP contribution is -2.44. The van der Waals surface area contributed by atoms with E-state index < -0.39 is 14.1 Å². The first-order valence-electron chi connectivity index (χ1n) is 15.3. The van der Waals surface area contributed by atoms with E-state index in [1.165, 1.54) is 30.0 Å². The van der Waals surface area contributed by atoms with E-state index in [1.54, 1.807) is 24.4 Å². The van der Waals surface area contributed by atoms with E-state index in [4.69, 9.17) is 16.0 Å². The Hall–Kier alpha value is -2.61. The molecule has 2 aromatic heterocycles. The molecule has 0 atom stereocenters. The van der Waals surface area contributed by atoms with Crippen LogP contribution in [0.25, 0.3) is 11.3 Å². The Bertz CT molecular complexity index is 1450. The number of hydrogen-bond acceptors (Lipinski definition) is 9. The number of aromatic nitrogens is 3. The van der Waals surface area contributed by atoms with Crippen LogP contribution in [0.5, 0.6) is 0 Å². The monoisotopic (exact) mass is 673 g/mol. The molecule has 45 heavy (non-hydrogen) atoms. The van der Waals surface area contributed by atoms with Crippen molar-refractivity contribution >= 4 is 54.8 Å². The Labute approximate surface area is 276 Å². The van der Waals surface area contributed by atoms with Crippen LogP contribution in [-0.4, -0.2) is 91.3 Å². The first-order chi connectivity index (χ1) is 21.3. The molecule has 4 rings (SSSR count). The maximum Gasteiger partial charge on any atom is 0.225 e. The summed E-state index contributed by atoms with van der Waals surface area (Å²) in [6, 6.07) is 9.69. The molecule has 0 spiro atoms. The molecule has 2 N–H and O–H groups in total. The van der Waals surface area contributed by atoms with Crippen LogP contribution in [-0.2, 0) is 9.22 Å². The van der Waals surface area contributed by atoms with Crippen LogP contribution in [0.15, 0.2) is 47.6 Å². The number of thioether (sulfide) groups is 1. The highest BCUT2D eigenvalue weighted by Gasteiger charge is 2.36. The summed E-state index contributed by atoms with van der Waals surface area (Å²) in [4.78, 5) is 21.8. The second kappa shape index (κ2) is 15.8. The predicted molar refractivity (Wildman–Crippen MR) is 186 cm³/mol. The minimum Gasteiger partial charge on any atom is -0.416 e. The summed E-state index contributed by atoms with van der Waals surface area (Å²) in [6.07, 6.45) is 2.85. The van der Waals surface area contributed by atoms with E-state index in [9.17, 15) is 9.18 Å². The number of anilines is 3. The smallest absolute Gasteiger partial charge is 0.225 e. The van der Waals surface area contributed by atoms with Crippen molar-refractivity contribution in [2.75, 3.05) is 62.8 Å². The second-order valence-electron chi connectivity index (χ2n) is 12.9. The maximum absolute atomic E-state index is 14.7. The number of nitrogens with one attached hydrogen (secondary N) is 2. The number of likely N-dealkylation sites (N-methyl/N-ethyl adjacent to an activating group) is 1. The molecule has 0 saturated carbocycles. The van der Waals surface area contributed by atoms with Gasteiger partial charge in [-0.05, 0) is 68.5 Å². The molecule has 244 valence electrons. The van der Waals surface area contributed by atoms with Crippen molar-refractivity contribution in [1.82, 2.24) is 25.0 Å². The van der Waals surface area contributed by atoms with Crippen molar-refractivity contribution in [2.45, 2.75) is 56.8 Å². The summed E-state index contributed by atoms with van der Waals surface area (Å²) in [5, 5.41) is 16.3. The Balaban J connectivity index is 1.44. The zero-order chi connectivity index (χ0) is 32.6. The summed E-state index contributed by atoms with van der Waals surface area (Å²) in [5.41, 5.74) is 1.95. The second-order valence-corrected chi connectivity index (χ2v) is 19.2. The molecule has 0 unspecified atom stereocenters. The van der Waals surface area contributed by atoms with Crippen molar-refractivity contribution in [2.24, 2.45) is 0 Å². The van der Waals surface area contributed by atoms with Gasteiger partial charge in [0, 0.05) is 73.5 Å². The van der Waals surface area contributed by atoms with Crippen LogP contribution in [0.2, 0.25) is 23.2 Å². The Morgan fingerprint density at radius 3 is 2.60 bits per heavy atom. The minimum atomic E-state index is -1.89. The standard InChI is InChI=1S/C32H45ClFN7O2SSi/c1-32(2,3)45(5,6)43-18-19-44-31-28(22-27(38-39-31)25-20-23(33)9-10-26(25)34)36-24-11-12-35-29(21-24)37-30(42)8-7-13-41-16-14-40(4)15-17-41/h9-12,20-22H,7-8,13-19H2,1-6H3,(H2,35,36,37,38,42). The van der Waals surface area contributed by atoms with Crippen LogP contribution in [0.3, 0.4) is 0 Å². The lowest BCUT2D eigenvalue weighted by atomic mass is 10.1. The van der Waals surface area contributed by atoms with Gasteiger partial charge in [0.1, 0.15) is 16.7 Å². The third-order valence-corrected chi connectivity index (χ3v) is 14.1. The molecule has 1 aliphatic heterocycles. The van der Waals surface area contributed by atoms with Crippen LogP contribution in [0.1, 0.15) is 33.6 Å². The normalized spacial score (nSPS) is 14.8. The number of piperazine rings is 1. The number of pyridine rings is 1. The van der Waals surface area contributed by atoms with Crippen molar-refractivity contribution in [3.8, 4) is 11.3 Å². The maximum atomic E-state index is 14.7. The topological polar surface area (TPSA) is 95.5 Å². The number of hydrogen-bond donors (Lipinski definition) is 2. The number of carbonyl (C=O) groups is 1. The Morgan fingerprint density at radius 1 is 1.11 bits per heavy atom. The molecular formula is C32H45ClFN7O2SSi. The van der Waals surface area contributed by atoms with Crippen LogP contribution < -0.4 is 10.6 Å². The number of carbonyl (C=O) groups excluding carboxylic acids is 1. The molecule has 9 nitrogen and oxygen atoms in total. The molecule has 3 aromatic rings. The molecule has 1 saturated heterocycles. The van der Waals surface area contributed by atoms with E-state index in [0.717, 1.165) is 39.1 Å². The third kappa shape index (κ3) is 10.4. The van der Waals surface area contributed by atoms with Gasteiger partial charge in [-0.1, -0.05) is 32.4 Å². The highest BCUT2D eigenvalue weighted by Crippen LogP contribution is 2.37. The quantitative estimate of drug-likeness (QED) is 0.111. The van der Waals surface area contributed by atoms with Gasteiger partial charge in [0.25, 0.3) is 0 Å². The number of halogens is 2. The highest BCUT2D eigenvalue weighted by molar-refractivity contribution is 7.99. The molecule has 1 aliphatic rings. The Morgan fingerprint density at radius 2 is 1.87 bits per heavy atom. The van der Waals surface area contributed by atoms with Gasteiger partial charge >= 0.3 is 0 Å². The summed E-state index contributed by atoms with van der Waals surface area (Å²) in [7, 11) is 0.247. The van der Waals surface area contributed by atoms with Crippen LogP contribution in [0, 0.1) is 5.82 Å².